The minimum Gasteiger partial charge on any atom is -0.459 e. The molecule has 0 aliphatic heterocycles. The van der Waals surface area contributed by atoms with Crippen LogP contribution in [0.3, 0.4) is 0 Å². The van der Waals surface area contributed by atoms with Crippen LogP contribution in [0.15, 0.2) is 35.4 Å². The van der Waals surface area contributed by atoms with Crippen LogP contribution in [-0.4, -0.2) is 56.2 Å². The van der Waals surface area contributed by atoms with E-state index in [1.807, 2.05) is 12.1 Å². The number of nitrogen functional groups attached to an aromatic ring is 1. The molecule has 0 amide bonds. The lowest BCUT2D eigenvalue weighted by Gasteiger charge is -2.18. The van der Waals surface area contributed by atoms with Crippen LogP contribution in [0.5, 0.6) is 0 Å². The van der Waals surface area contributed by atoms with Crippen molar-refractivity contribution < 1.29 is 14.3 Å². The summed E-state index contributed by atoms with van der Waals surface area (Å²) in [5.74, 6) is -0.400. The number of aromatic nitrogens is 4. The third-order valence-corrected chi connectivity index (χ3v) is 4.93. The van der Waals surface area contributed by atoms with Crippen LogP contribution in [0.1, 0.15) is 36.7 Å². The molecule has 0 fully saturated rings. The molecule has 10 nitrogen and oxygen atoms in total. The van der Waals surface area contributed by atoms with Gasteiger partial charge in [-0.2, -0.15) is 4.98 Å². The van der Waals surface area contributed by atoms with Gasteiger partial charge in [0.1, 0.15) is 13.3 Å². The Morgan fingerprint density at radius 2 is 1.97 bits per heavy atom. The Hall–Kier alpha value is -3.24. The number of rotatable bonds is 10. The Bertz CT molecular complexity index is 1070. The van der Waals surface area contributed by atoms with Gasteiger partial charge in [0.05, 0.1) is 18.0 Å². The zero-order valence-corrected chi connectivity index (χ0v) is 18.0. The Morgan fingerprint density at radius 1 is 1.26 bits per heavy atom. The van der Waals surface area contributed by atoms with E-state index in [1.54, 1.807) is 23.6 Å². The number of nitrogens with two attached hydrogens (primary N) is 1. The molecular formula is C21H28N6O4. The monoisotopic (exact) mass is 428 g/mol. The number of fused-ring (bicyclic) bond motifs is 1. The molecule has 166 valence electrons. The van der Waals surface area contributed by atoms with E-state index in [1.165, 1.54) is 6.33 Å². The number of H-pyrrole nitrogens is 1. The highest BCUT2D eigenvalue weighted by atomic mass is 16.6. The summed E-state index contributed by atoms with van der Waals surface area (Å²) < 4.78 is 12.6. The molecule has 0 aliphatic carbocycles. The van der Waals surface area contributed by atoms with Crippen LogP contribution in [0.25, 0.3) is 11.2 Å². The molecule has 0 bridgehead atoms. The van der Waals surface area contributed by atoms with Crippen molar-refractivity contribution in [1.29, 1.82) is 0 Å². The number of ether oxygens (including phenoxy) is 2. The third kappa shape index (κ3) is 5.68. The van der Waals surface area contributed by atoms with Crippen LogP contribution >= 0.6 is 0 Å². The number of imidazole rings is 1. The molecule has 2 heterocycles. The van der Waals surface area contributed by atoms with Gasteiger partial charge >= 0.3 is 5.97 Å². The van der Waals surface area contributed by atoms with Gasteiger partial charge in [-0.25, -0.2) is 9.78 Å². The first kappa shape index (κ1) is 22.4. The normalized spacial score (nSPS) is 12.4. The quantitative estimate of drug-likeness (QED) is 0.468. The minimum absolute atomic E-state index is 0.00402. The molecule has 0 spiro atoms. The average Bonchev–Trinajstić information content (AvgIpc) is 3.17. The predicted octanol–water partition coefficient (Wildman–Crippen LogP) is 1.76. The molecule has 1 unspecified atom stereocenters. The van der Waals surface area contributed by atoms with Gasteiger partial charge in [0, 0.05) is 6.54 Å². The van der Waals surface area contributed by atoms with Crippen LogP contribution in [-0.2, 0) is 22.7 Å². The highest BCUT2D eigenvalue weighted by Crippen LogP contribution is 2.10. The van der Waals surface area contributed by atoms with E-state index < -0.39 is 11.5 Å². The van der Waals surface area contributed by atoms with Crippen LogP contribution in [0.2, 0.25) is 0 Å². The molecule has 0 radical (unpaired) electrons. The highest BCUT2D eigenvalue weighted by molar-refractivity contribution is 5.89. The van der Waals surface area contributed by atoms with Crippen molar-refractivity contribution in [3.05, 3.63) is 52.1 Å². The Morgan fingerprint density at radius 3 is 2.65 bits per heavy atom. The lowest BCUT2D eigenvalue weighted by molar-refractivity contribution is -0.0247. The van der Waals surface area contributed by atoms with Crippen molar-refractivity contribution in [3.8, 4) is 0 Å². The summed E-state index contributed by atoms with van der Waals surface area (Å²) in [5, 5.41) is 0. The van der Waals surface area contributed by atoms with E-state index in [9.17, 15) is 9.59 Å². The van der Waals surface area contributed by atoms with Crippen molar-refractivity contribution in [1.82, 2.24) is 24.4 Å². The van der Waals surface area contributed by atoms with Gasteiger partial charge in [-0.05, 0) is 37.7 Å². The van der Waals surface area contributed by atoms with Crippen molar-refractivity contribution >= 4 is 23.1 Å². The maximum atomic E-state index is 12.3. The zero-order valence-electron chi connectivity index (χ0n) is 18.0. The molecule has 3 N–H and O–H groups in total. The van der Waals surface area contributed by atoms with Crippen molar-refractivity contribution in [2.24, 2.45) is 0 Å². The molecule has 1 atom stereocenters. The Labute approximate surface area is 180 Å². The highest BCUT2D eigenvalue weighted by Gasteiger charge is 2.13. The molecule has 3 aromatic rings. The van der Waals surface area contributed by atoms with Crippen LogP contribution in [0.4, 0.5) is 5.95 Å². The van der Waals surface area contributed by atoms with Crippen LogP contribution < -0.4 is 11.3 Å². The maximum Gasteiger partial charge on any atom is 0.338 e. The van der Waals surface area contributed by atoms with E-state index in [0.29, 0.717) is 11.2 Å². The standard InChI is InChI=1S/C21H28N6O4/c1-4-26(5-2)10-15-6-8-16(9-7-15)20(29)30-11-14(3)31-13-27-12-23-17-18(27)24-21(22)25-19(17)28/h6-9,12,14H,4-5,10-11,13H2,1-3H3,(H3,22,24,25,28). The van der Waals surface area contributed by atoms with E-state index in [4.69, 9.17) is 15.2 Å². The predicted molar refractivity (Wildman–Crippen MR) is 116 cm³/mol. The molecule has 3 rings (SSSR count). The Kier molecular flexibility index (Phi) is 7.37. The lowest BCUT2D eigenvalue weighted by atomic mass is 10.1. The van der Waals surface area contributed by atoms with Gasteiger partial charge in [0.2, 0.25) is 5.95 Å². The Balaban J connectivity index is 1.50. The number of carbonyl (C=O) groups excluding carboxylic acids is 1. The van der Waals surface area contributed by atoms with Gasteiger partial charge < -0.3 is 15.2 Å². The fourth-order valence-corrected chi connectivity index (χ4v) is 3.05. The van der Waals surface area contributed by atoms with Gasteiger partial charge in [-0.15, -0.1) is 0 Å². The zero-order chi connectivity index (χ0) is 22.4. The molecule has 1 aromatic carbocycles. The van der Waals surface area contributed by atoms with E-state index >= 15 is 0 Å². The number of benzene rings is 1. The topological polar surface area (TPSA) is 128 Å². The van der Waals surface area contributed by atoms with E-state index in [0.717, 1.165) is 25.2 Å². The van der Waals surface area contributed by atoms with Gasteiger partial charge in [0.25, 0.3) is 5.56 Å². The molecule has 10 heteroatoms. The van der Waals surface area contributed by atoms with Crippen molar-refractivity contribution in [2.75, 3.05) is 25.4 Å². The third-order valence-electron chi connectivity index (χ3n) is 4.93. The maximum absolute atomic E-state index is 12.3. The SMILES string of the molecule is CCN(CC)Cc1ccc(C(=O)OCC(C)OCn2cnc3c(=O)[nH]c(N)nc32)cc1. The van der Waals surface area contributed by atoms with Gasteiger partial charge in [-0.1, -0.05) is 26.0 Å². The number of nitrogens with one attached hydrogen (secondary N) is 1. The number of anilines is 1. The lowest BCUT2D eigenvalue weighted by Crippen LogP contribution is -2.22. The first-order valence-corrected chi connectivity index (χ1v) is 10.2. The number of esters is 1. The fourth-order valence-electron chi connectivity index (χ4n) is 3.05. The molecular weight excluding hydrogens is 400 g/mol. The van der Waals surface area contributed by atoms with Crippen LogP contribution in [0, 0.1) is 0 Å². The second-order valence-electron chi connectivity index (χ2n) is 7.20. The summed E-state index contributed by atoms with van der Waals surface area (Å²) >= 11 is 0. The van der Waals surface area contributed by atoms with Crippen molar-refractivity contribution in [2.45, 2.75) is 40.2 Å². The smallest absolute Gasteiger partial charge is 0.338 e. The summed E-state index contributed by atoms with van der Waals surface area (Å²) in [6, 6.07) is 7.44. The molecule has 2 aromatic heterocycles. The number of nitrogens with zero attached hydrogens (tertiary/aromatic N) is 4. The van der Waals surface area contributed by atoms with E-state index in [2.05, 4.69) is 33.7 Å². The first-order chi connectivity index (χ1) is 14.9. The number of carbonyl (C=O) groups is 1. The number of hydrogen-bond donors (Lipinski definition) is 2. The summed E-state index contributed by atoms with van der Waals surface area (Å²) in [4.78, 5) is 36.9. The average molecular weight is 428 g/mol. The molecule has 31 heavy (non-hydrogen) atoms. The summed E-state index contributed by atoms with van der Waals surface area (Å²) in [5.41, 5.74) is 7.33. The minimum atomic E-state index is -0.411. The van der Waals surface area contributed by atoms with Gasteiger partial charge in [0.15, 0.2) is 11.2 Å². The van der Waals surface area contributed by atoms with Crippen molar-refractivity contribution in [3.63, 3.8) is 0 Å². The number of hydrogen-bond acceptors (Lipinski definition) is 8. The first-order valence-electron chi connectivity index (χ1n) is 10.2. The molecule has 0 saturated heterocycles. The van der Waals surface area contributed by atoms with Gasteiger partial charge in [-0.3, -0.25) is 19.2 Å². The second kappa shape index (κ2) is 10.2. The largest absolute Gasteiger partial charge is 0.459 e. The second-order valence-corrected chi connectivity index (χ2v) is 7.20. The fraction of sp³-hybridized carbons (Fsp3) is 0.429. The number of aromatic amines is 1. The summed E-state index contributed by atoms with van der Waals surface area (Å²) in [6.07, 6.45) is 1.08. The molecule has 0 saturated carbocycles. The van der Waals surface area contributed by atoms with E-state index in [-0.39, 0.29) is 30.9 Å². The summed E-state index contributed by atoms with van der Waals surface area (Å²) in [6.45, 7) is 9.02. The molecule has 0 aliphatic rings. The summed E-state index contributed by atoms with van der Waals surface area (Å²) in [7, 11) is 0.